The predicted molar refractivity (Wildman–Crippen MR) is 81.4 cm³/mol. The van der Waals surface area contributed by atoms with Gasteiger partial charge in [0.05, 0.1) is 22.7 Å². The summed E-state index contributed by atoms with van der Waals surface area (Å²) < 4.78 is 23.1. The fourth-order valence-electron chi connectivity index (χ4n) is 3.00. The SMILES string of the molecule is Cc1ncsc1C(=O)N1CCN([C@@H]2CCS(=O)(=O)C2)CC1. The second kappa shape index (κ2) is 5.66. The van der Waals surface area contributed by atoms with Crippen molar-refractivity contribution in [3.05, 3.63) is 16.1 Å². The highest BCUT2D eigenvalue weighted by atomic mass is 32.2. The molecule has 3 rings (SSSR count). The highest BCUT2D eigenvalue weighted by molar-refractivity contribution is 7.91. The summed E-state index contributed by atoms with van der Waals surface area (Å²) in [6.45, 7) is 4.68. The second-order valence-electron chi connectivity index (χ2n) is 5.65. The fraction of sp³-hybridized carbons (Fsp3) is 0.692. The van der Waals surface area contributed by atoms with Crippen molar-refractivity contribution in [1.29, 1.82) is 0 Å². The van der Waals surface area contributed by atoms with Crippen LogP contribution in [0.5, 0.6) is 0 Å². The molecular formula is C13H19N3O3S2. The molecule has 1 aromatic rings. The van der Waals surface area contributed by atoms with E-state index >= 15 is 0 Å². The molecule has 2 aliphatic heterocycles. The van der Waals surface area contributed by atoms with Crippen LogP contribution in [0.2, 0.25) is 0 Å². The zero-order chi connectivity index (χ0) is 15.0. The van der Waals surface area contributed by atoms with E-state index < -0.39 is 9.84 Å². The molecule has 2 fully saturated rings. The maximum absolute atomic E-state index is 12.4. The Hall–Kier alpha value is -0.990. The van der Waals surface area contributed by atoms with Crippen molar-refractivity contribution in [2.45, 2.75) is 19.4 Å². The van der Waals surface area contributed by atoms with Crippen LogP contribution in [0, 0.1) is 6.92 Å². The van der Waals surface area contributed by atoms with Crippen molar-refractivity contribution < 1.29 is 13.2 Å². The molecule has 0 spiro atoms. The maximum atomic E-state index is 12.4. The third kappa shape index (κ3) is 3.12. The van der Waals surface area contributed by atoms with Crippen LogP contribution in [0.4, 0.5) is 0 Å². The minimum atomic E-state index is -2.84. The first-order chi connectivity index (χ1) is 9.96. The first-order valence-electron chi connectivity index (χ1n) is 7.10. The van der Waals surface area contributed by atoms with Gasteiger partial charge < -0.3 is 4.90 Å². The Kier molecular flexibility index (Phi) is 4.02. The molecule has 0 aromatic carbocycles. The number of aromatic nitrogens is 1. The summed E-state index contributed by atoms with van der Waals surface area (Å²) in [6, 6.07) is 0.136. The van der Waals surface area contributed by atoms with Gasteiger partial charge in [0.2, 0.25) is 0 Å². The van der Waals surface area contributed by atoms with E-state index in [0.717, 1.165) is 25.2 Å². The van der Waals surface area contributed by atoms with Gasteiger partial charge in [0, 0.05) is 32.2 Å². The highest BCUT2D eigenvalue weighted by Gasteiger charge is 2.34. The third-order valence-corrected chi connectivity index (χ3v) is 6.93. The number of carbonyl (C=O) groups excluding carboxylic acids is 1. The summed E-state index contributed by atoms with van der Waals surface area (Å²) in [6.07, 6.45) is 0.726. The number of carbonyl (C=O) groups is 1. The minimum absolute atomic E-state index is 0.0497. The van der Waals surface area contributed by atoms with Crippen molar-refractivity contribution in [1.82, 2.24) is 14.8 Å². The molecule has 2 aliphatic rings. The first-order valence-corrected chi connectivity index (χ1v) is 9.80. The van der Waals surface area contributed by atoms with Gasteiger partial charge >= 0.3 is 0 Å². The number of sulfone groups is 1. The van der Waals surface area contributed by atoms with Crippen LogP contribution in [0.25, 0.3) is 0 Å². The quantitative estimate of drug-likeness (QED) is 0.785. The van der Waals surface area contributed by atoms with Crippen LogP contribution in [-0.2, 0) is 9.84 Å². The van der Waals surface area contributed by atoms with Gasteiger partial charge in [0.15, 0.2) is 9.84 Å². The number of thiazole rings is 1. The molecule has 0 radical (unpaired) electrons. The predicted octanol–water partition coefficient (Wildman–Crippen LogP) is 0.396. The second-order valence-corrected chi connectivity index (χ2v) is 8.74. The molecule has 116 valence electrons. The molecule has 2 saturated heterocycles. The van der Waals surface area contributed by atoms with Crippen molar-refractivity contribution in [2.24, 2.45) is 0 Å². The normalized spacial score (nSPS) is 26.1. The smallest absolute Gasteiger partial charge is 0.265 e. The zero-order valence-electron chi connectivity index (χ0n) is 12.0. The van der Waals surface area contributed by atoms with Crippen molar-refractivity contribution in [2.75, 3.05) is 37.7 Å². The molecule has 21 heavy (non-hydrogen) atoms. The Morgan fingerprint density at radius 1 is 1.33 bits per heavy atom. The van der Waals surface area contributed by atoms with E-state index in [4.69, 9.17) is 0 Å². The van der Waals surface area contributed by atoms with Gasteiger partial charge in [0.1, 0.15) is 4.88 Å². The number of hydrogen-bond donors (Lipinski definition) is 0. The Balaban J connectivity index is 1.58. The summed E-state index contributed by atoms with van der Waals surface area (Å²) in [7, 11) is -2.84. The lowest BCUT2D eigenvalue weighted by Crippen LogP contribution is -2.52. The monoisotopic (exact) mass is 329 g/mol. The summed E-state index contributed by atoms with van der Waals surface area (Å²) in [4.78, 5) is 21.3. The average molecular weight is 329 g/mol. The number of hydrogen-bond acceptors (Lipinski definition) is 6. The lowest BCUT2D eigenvalue weighted by Gasteiger charge is -2.37. The van der Waals surface area contributed by atoms with Gasteiger partial charge in [-0.2, -0.15) is 0 Å². The van der Waals surface area contributed by atoms with Crippen molar-refractivity contribution in [3.63, 3.8) is 0 Å². The Morgan fingerprint density at radius 2 is 2.05 bits per heavy atom. The number of nitrogens with zero attached hydrogens (tertiary/aromatic N) is 3. The summed E-state index contributed by atoms with van der Waals surface area (Å²) >= 11 is 1.38. The molecule has 0 aliphatic carbocycles. The molecule has 1 aromatic heterocycles. The van der Waals surface area contributed by atoms with Crippen LogP contribution < -0.4 is 0 Å². The highest BCUT2D eigenvalue weighted by Crippen LogP contribution is 2.21. The lowest BCUT2D eigenvalue weighted by molar-refractivity contribution is 0.0591. The largest absolute Gasteiger partial charge is 0.335 e. The van der Waals surface area contributed by atoms with Gasteiger partial charge in [0.25, 0.3) is 5.91 Å². The number of aryl methyl sites for hydroxylation is 1. The minimum Gasteiger partial charge on any atom is -0.335 e. The van der Waals surface area contributed by atoms with E-state index in [0.29, 0.717) is 23.7 Å². The Bertz CT molecular complexity index is 633. The molecule has 1 atom stereocenters. The third-order valence-electron chi connectivity index (χ3n) is 4.27. The molecule has 1 amide bonds. The Labute approximate surface area is 128 Å². The fourth-order valence-corrected chi connectivity index (χ4v) is 5.54. The average Bonchev–Trinajstić information content (AvgIpc) is 3.04. The summed E-state index contributed by atoms with van der Waals surface area (Å²) in [5.41, 5.74) is 2.48. The van der Waals surface area contributed by atoms with E-state index in [1.807, 2.05) is 11.8 Å². The molecule has 8 heteroatoms. The molecule has 0 unspecified atom stereocenters. The molecule has 0 N–H and O–H groups in total. The Morgan fingerprint density at radius 3 is 2.57 bits per heavy atom. The topological polar surface area (TPSA) is 70.6 Å². The molecule has 0 bridgehead atoms. The van der Waals surface area contributed by atoms with Gasteiger partial charge in [-0.1, -0.05) is 0 Å². The van der Waals surface area contributed by atoms with E-state index in [1.165, 1.54) is 11.3 Å². The number of rotatable bonds is 2. The zero-order valence-corrected chi connectivity index (χ0v) is 13.6. The lowest BCUT2D eigenvalue weighted by atomic mass is 10.2. The standard InChI is InChI=1S/C13H19N3O3S2/c1-10-12(20-9-14-10)13(17)16-5-3-15(4-6-16)11-2-7-21(18,19)8-11/h9,11H,2-8H2,1H3/t11-/m1/s1. The molecule has 6 nitrogen and oxygen atoms in total. The van der Waals surface area contributed by atoms with Crippen LogP contribution in [-0.4, -0.2) is 72.8 Å². The number of piperazine rings is 1. The van der Waals surface area contributed by atoms with Crippen LogP contribution >= 0.6 is 11.3 Å². The van der Waals surface area contributed by atoms with E-state index in [9.17, 15) is 13.2 Å². The van der Waals surface area contributed by atoms with Crippen molar-refractivity contribution in [3.8, 4) is 0 Å². The molecule has 0 saturated carbocycles. The first kappa shape index (κ1) is 14.9. The van der Waals surface area contributed by atoms with Crippen molar-refractivity contribution >= 4 is 27.1 Å². The molecule has 3 heterocycles. The summed E-state index contributed by atoms with van der Waals surface area (Å²) in [5, 5.41) is 0. The molecular weight excluding hydrogens is 310 g/mol. The van der Waals surface area contributed by atoms with E-state index in [1.54, 1.807) is 5.51 Å². The van der Waals surface area contributed by atoms with Crippen LogP contribution in [0.1, 0.15) is 21.8 Å². The van der Waals surface area contributed by atoms with Gasteiger partial charge in [-0.3, -0.25) is 9.69 Å². The van der Waals surface area contributed by atoms with Gasteiger partial charge in [-0.15, -0.1) is 11.3 Å². The van der Waals surface area contributed by atoms with E-state index in [2.05, 4.69) is 9.88 Å². The summed E-state index contributed by atoms with van der Waals surface area (Å²) in [5.74, 6) is 0.625. The van der Waals surface area contributed by atoms with E-state index in [-0.39, 0.29) is 17.7 Å². The number of amides is 1. The van der Waals surface area contributed by atoms with Crippen LogP contribution in [0.3, 0.4) is 0 Å². The van der Waals surface area contributed by atoms with Gasteiger partial charge in [-0.25, -0.2) is 13.4 Å². The maximum Gasteiger partial charge on any atom is 0.265 e. The van der Waals surface area contributed by atoms with Gasteiger partial charge in [-0.05, 0) is 13.3 Å². The van der Waals surface area contributed by atoms with Crippen LogP contribution in [0.15, 0.2) is 5.51 Å².